The molecule has 5 nitrogen and oxygen atoms in total. The lowest BCUT2D eigenvalue weighted by molar-refractivity contribution is 0.0975. The number of thiazole rings is 1. The molecule has 6 heteroatoms. The van der Waals surface area contributed by atoms with Gasteiger partial charge in [0.2, 0.25) is 0 Å². The van der Waals surface area contributed by atoms with Crippen molar-refractivity contribution in [1.29, 1.82) is 0 Å². The molecule has 2 heterocycles. The molecule has 0 spiro atoms. The van der Waals surface area contributed by atoms with Crippen molar-refractivity contribution in [1.82, 2.24) is 4.98 Å². The predicted molar refractivity (Wildman–Crippen MR) is 119 cm³/mol. The maximum absolute atomic E-state index is 13.4. The van der Waals surface area contributed by atoms with Gasteiger partial charge in [-0.15, -0.1) is 11.3 Å². The van der Waals surface area contributed by atoms with Gasteiger partial charge >= 0.3 is 0 Å². The van der Waals surface area contributed by atoms with E-state index in [1.165, 1.54) is 0 Å². The van der Waals surface area contributed by atoms with E-state index in [0.29, 0.717) is 12.2 Å². The molecule has 4 aromatic rings. The van der Waals surface area contributed by atoms with Crippen LogP contribution in [0.5, 0.6) is 5.75 Å². The Balaban J connectivity index is 1.45. The number of amides is 1. The fourth-order valence-electron chi connectivity index (χ4n) is 3.55. The second-order valence-corrected chi connectivity index (χ2v) is 7.66. The number of nitrogens with zero attached hydrogens (tertiary/aromatic N) is 2. The zero-order valence-corrected chi connectivity index (χ0v) is 16.9. The van der Waals surface area contributed by atoms with Crippen molar-refractivity contribution >= 4 is 28.6 Å². The molecule has 148 valence electrons. The SMILES string of the molecule is O=C1c2ccccc2NC(c2ccc(OCc3cscn3)cc2)N1c1ccccc1. The average Bonchev–Trinajstić information content (AvgIpc) is 3.32. The molecule has 3 aromatic carbocycles. The first-order valence-corrected chi connectivity index (χ1v) is 10.6. The number of benzene rings is 3. The molecule has 1 unspecified atom stereocenters. The molecule has 0 bridgehead atoms. The Kier molecular flexibility index (Phi) is 4.91. The highest BCUT2D eigenvalue weighted by atomic mass is 32.1. The molecule has 0 fully saturated rings. The largest absolute Gasteiger partial charge is 0.487 e. The number of nitrogens with one attached hydrogen (secondary N) is 1. The number of anilines is 2. The van der Waals surface area contributed by atoms with Crippen LogP contribution >= 0.6 is 11.3 Å². The highest BCUT2D eigenvalue weighted by Gasteiger charge is 2.33. The minimum absolute atomic E-state index is 0.0237. The molecule has 1 atom stereocenters. The van der Waals surface area contributed by atoms with Crippen molar-refractivity contribution in [3.05, 3.63) is 107 Å². The molecule has 1 aliphatic heterocycles. The van der Waals surface area contributed by atoms with Gasteiger partial charge in [0.25, 0.3) is 5.91 Å². The topological polar surface area (TPSA) is 54.5 Å². The van der Waals surface area contributed by atoms with Crippen LogP contribution < -0.4 is 15.0 Å². The van der Waals surface area contributed by atoms with Crippen LogP contribution in [0.1, 0.15) is 27.8 Å². The van der Waals surface area contributed by atoms with Gasteiger partial charge in [0.1, 0.15) is 18.5 Å². The maximum atomic E-state index is 13.4. The van der Waals surface area contributed by atoms with Gasteiger partial charge in [-0.05, 0) is 42.0 Å². The molecule has 5 rings (SSSR count). The Morgan fingerprint density at radius 2 is 1.73 bits per heavy atom. The van der Waals surface area contributed by atoms with Crippen LogP contribution in [-0.2, 0) is 6.61 Å². The predicted octanol–water partition coefficient (Wildman–Crippen LogP) is 5.49. The zero-order valence-electron chi connectivity index (χ0n) is 16.1. The minimum atomic E-state index is -0.317. The lowest BCUT2D eigenvalue weighted by atomic mass is 10.0. The molecule has 0 saturated carbocycles. The first kappa shape index (κ1) is 18.4. The van der Waals surface area contributed by atoms with Crippen LogP contribution in [0.4, 0.5) is 11.4 Å². The van der Waals surface area contributed by atoms with Crippen molar-refractivity contribution < 1.29 is 9.53 Å². The Labute approximate surface area is 178 Å². The second-order valence-electron chi connectivity index (χ2n) is 6.94. The molecule has 0 saturated heterocycles. The van der Waals surface area contributed by atoms with Crippen LogP contribution in [0.2, 0.25) is 0 Å². The first-order chi connectivity index (χ1) is 14.8. The Morgan fingerprint density at radius 1 is 0.967 bits per heavy atom. The number of hydrogen-bond donors (Lipinski definition) is 1. The third-order valence-electron chi connectivity index (χ3n) is 5.03. The molecular formula is C24H19N3O2S. The van der Waals surface area contributed by atoms with E-state index in [1.807, 2.05) is 84.2 Å². The number of carbonyl (C=O) groups is 1. The van der Waals surface area contributed by atoms with Gasteiger partial charge in [0.15, 0.2) is 0 Å². The third kappa shape index (κ3) is 3.53. The molecule has 30 heavy (non-hydrogen) atoms. The van der Waals surface area contributed by atoms with E-state index in [4.69, 9.17) is 4.74 Å². The van der Waals surface area contributed by atoms with Gasteiger partial charge < -0.3 is 10.1 Å². The van der Waals surface area contributed by atoms with E-state index in [2.05, 4.69) is 10.3 Å². The number of hydrogen-bond acceptors (Lipinski definition) is 5. The summed E-state index contributed by atoms with van der Waals surface area (Å²) < 4.78 is 5.82. The summed E-state index contributed by atoms with van der Waals surface area (Å²) in [5.74, 6) is 0.741. The summed E-state index contributed by atoms with van der Waals surface area (Å²) in [4.78, 5) is 19.4. The standard InChI is InChI=1S/C24H19N3O2S/c28-24-21-8-4-5-9-22(21)26-23(27(24)19-6-2-1-3-7-19)17-10-12-20(13-11-17)29-14-18-15-30-16-25-18/h1-13,15-16,23,26H,14H2. The number of para-hydroxylation sites is 2. The van der Waals surface area contributed by atoms with Crippen LogP contribution in [0, 0.1) is 0 Å². The molecule has 1 amide bonds. The maximum Gasteiger partial charge on any atom is 0.262 e. The third-order valence-corrected chi connectivity index (χ3v) is 5.66. The van der Waals surface area contributed by atoms with Crippen molar-refractivity contribution in [3.8, 4) is 5.75 Å². The molecule has 1 aromatic heterocycles. The van der Waals surface area contributed by atoms with Gasteiger partial charge in [-0.2, -0.15) is 0 Å². The van der Waals surface area contributed by atoms with Crippen molar-refractivity contribution in [2.45, 2.75) is 12.8 Å². The van der Waals surface area contributed by atoms with E-state index < -0.39 is 0 Å². The quantitative estimate of drug-likeness (QED) is 0.470. The van der Waals surface area contributed by atoms with Crippen molar-refractivity contribution in [2.75, 3.05) is 10.2 Å². The second kappa shape index (κ2) is 8.00. The van der Waals surface area contributed by atoms with Crippen molar-refractivity contribution in [3.63, 3.8) is 0 Å². The van der Waals surface area contributed by atoms with Crippen LogP contribution in [0.25, 0.3) is 0 Å². The van der Waals surface area contributed by atoms with E-state index in [1.54, 1.807) is 21.7 Å². The van der Waals surface area contributed by atoms with Gasteiger partial charge in [0, 0.05) is 16.8 Å². The monoisotopic (exact) mass is 413 g/mol. The normalized spacial score (nSPS) is 15.4. The summed E-state index contributed by atoms with van der Waals surface area (Å²) in [5, 5.41) is 5.50. The molecule has 0 aliphatic carbocycles. The van der Waals surface area contributed by atoms with E-state index >= 15 is 0 Å². The highest BCUT2D eigenvalue weighted by Crippen LogP contribution is 2.36. The van der Waals surface area contributed by atoms with E-state index in [-0.39, 0.29) is 12.1 Å². The zero-order chi connectivity index (χ0) is 20.3. The van der Waals surface area contributed by atoms with Crippen LogP contribution in [0.3, 0.4) is 0 Å². The summed E-state index contributed by atoms with van der Waals surface area (Å²) in [7, 11) is 0. The number of ether oxygens (including phenoxy) is 1. The van der Waals surface area contributed by atoms with E-state index in [0.717, 1.165) is 28.4 Å². The minimum Gasteiger partial charge on any atom is -0.487 e. The number of rotatable bonds is 5. The summed E-state index contributed by atoms with van der Waals surface area (Å²) in [6.07, 6.45) is -0.317. The molecular weight excluding hydrogens is 394 g/mol. The highest BCUT2D eigenvalue weighted by molar-refractivity contribution is 7.07. The van der Waals surface area contributed by atoms with Crippen LogP contribution in [0.15, 0.2) is 89.8 Å². The lowest BCUT2D eigenvalue weighted by Crippen LogP contribution is -2.43. The first-order valence-electron chi connectivity index (χ1n) is 9.63. The Hall–Kier alpha value is -3.64. The van der Waals surface area contributed by atoms with Gasteiger partial charge in [-0.25, -0.2) is 4.98 Å². The van der Waals surface area contributed by atoms with Gasteiger partial charge in [0.05, 0.1) is 16.8 Å². The molecule has 1 aliphatic rings. The Morgan fingerprint density at radius 3 is 2.50 bits per heavy atom. The van der Waals surface area contributed by atoms with Gasteiger partial charge in [-0.1, -0.05) is 42.5 Å². The summed E-state index contributed by atoms with van der Waals surface area (Å²) in [6, 6.07) is 25.2. The number of fused-ring (bicyclic) bond motifs is 1. The fraction of sp³-hybridized carbons (Fsp3) is 0.0833. The van der Waals surface area contributed by atoms with E-state index in [9.17, 15) is 4.79 Å². The fourth-order valence-corrected chi connectivity index (χ4v) is 4.10. The molecule has 0 radical (unpaired) electrons. The summed E-state index contributed by atoms with van der Waals surface area (Å²) in [5.41, 5.74) is 6.03. The van der Waals surface area contributed by atoms with Gasteiger partial charge in [-0.3, -0.25) is 9.69 Å². The number of aromatic nitrogens is 1. The number of carbonyl (C=O) groups excluding carboxylic acids is 1. The summed E-state index contributed by atoms with van der Waals surface area (Å²) >= 11 is 1.55. The smallest absolute Gasteiger partial charge is 0.262 e. The lowest BCUT2D eigenvalue weighted by Gasteiger charge is -2.38. The summed E-state index contributed by atoms with van der Waals surface area (Å²) in [6.45, 7) is 0.437. The Bertz CT molecular complexity index is 1140. The van der Waals surface area contributed by atoms with Crippen LogP contribution in [-0.4, -0.2) is 10.9 Å². The molecule has 1 N–H and O–H groups in total. The average molecular weight is 414 g/mol. The van der Waals surface area contributed by atoms with Crippen molar-refractivity contribution in [2.24, 2.45) is 0 Å².